The van der Waals surface area contributed by atoms with Gasteiger partial charge in [0, 0.05) is 6.20 Å². The molecule has 0 saturated heterocycles. The molecule has 0 radical (unpaired) electrons. The molecule has 5 nitrogen and oxygen atoms in total. The zero-order valence-electron chi connectivity index (χ0n) is 9.65. The van der Waals surface area contributed by atoms with Crippen LogP contribution >= 0.6 is 0 Å². The number of carboxylic acids is 1. The molecule has 0 atom stereocenters. The molecule has 100 valence electrons. The van der Waals surface area contributed by atoms with E-state index in [1.54, 1.807) is 13.8 Å². The summed E-state index contributed by atoms with van der Waals surface area (Å²) in [5, 5.41) is 8.62. The molecule has 1 aromatic heterocycles. The SMILES string of the molecule is CC(C)COc1ncc(C(=O)O)c(C(F)(F)F)n1. The zero-order chi connectivity index (χ0) is 13.9. The van der Waals surface area contributed by atoms with Gasteiger partial charge in [-0.25, -0.2) is 9.78 Å². The largest absolute Gasteiger partial charge is 0.478 e. The number of hydrogen-bond donors (Lipinski definition) is 1. The van der Waals surface area contributed by atoms with Crippen molar-refractivity contribution in [1.82, 2.24) is 9.97 Å². The fourth-order valence-corrected chi connectivity index (χ4v) is 1.05. The van der Waals surface area contributed by atoms with Gasteiger partial charge in [-0.1, -0.05) is 13.8 Å². The Bertz CT molecular complexity index is 446. The first-order valence-corrected chi connectivity index (χ1v) is 5.02. The molecule has 18 heavy (non-hydrogen) atoms. The predicted octanol–water partition coefficient (Wildman–Crippen LogP) is 2.23. The van der Waals surface area contributed by atoms with Gasteiger partial charge in [-0.2, -0.15) is 18.2 Å². The predicted molar refractivity (Wildman–Crippen MR) is 54.3 cm³/mol. The average molecular weight is 264 g/mol. The number of hydrogen-bond acceptors (Lipinski definition) is 4. The quantitative estimate of drug-likeness (QED) is 0.902. The Morgan fingerprint density at radius 1 is 1.50 bits per heavy atom. The molecule has 1 aromatic rings. The summed E-state index contributed by atoms with van der Waals surface area (Å²) in [6, 6.07) is -0.485. The highest BCUT2D eigenvalue weighted by molar-refractivity contribution is 5.88. The van der Waals surface area contributed by atoms with Crippen molar-refractivity contribution >= 4 is 5.97 Å². The molecule has 0 unspecified atom stereocenters. The Morgan fingerprint density at radius 3 is 2.56 bits per heavy atom. The second kappa shape index (κ2) is 5.19. The molecule has 0 amide bonds. The molecule has 1 N–H and O–H groups in total. The molecule has 0 bridgehead atoms. The van der Waals surface area contributed by atoms with E-state index in [1.807, 2.05) is 0 Å². The molecular formula is C10H11F3N2O3. The number of ether oxygens (including phenoxy) is 1. The van der Waals surface area contributed by atoms with E-state index in [0.717, 1.165) is 0 Å². The highest BCUT2D eigenvalue weighted by Gasteiger charge is 2.38. The molecule has 0 aromatic carbocycles. The lowest BCUT2D eigenvalue weighted by Crippen LogP contribution is -2.17. The van der Waals surface area contributed by atoms with Gasteiger partial charge in [0.1, 0.15) is 5.56 Å². The van der Waals surface area contributed by atoms with Crippen LogP contribution in [0.25, 0.3) is 0 Å². The summed E-state index contributed by atoms with van der Waals surface area (Å²) in [7, 11) is 0. The lowest BCUT2D eigenvalue weighted by Gasteiger charge is -2.11. The van der Waals surface area contributed by atoms with Crippen LogP contribution in [0.1, 0.15) is 29.9 Å². The summed E-state index contributed by atoms with van der Waals surface area (Å²) < 4.78 is 42.7. The minimum absolute atomic E-state index is 0.0853. The number of halogens is 3. The number of aromatic nitrogens is 2. The molecule has 0 aliphatic heterocycles. The lowest BCUT2D eigenvalue weighted by molar-refractivity contribution is -0.142. The Labute approximate surface area is 101 Å². The third-order valence-electron chi connectivity index (χ3n) is 1.81. The molecule has 0 saturated carbocycles. The lowest BCUT2D eigenvalue weighted by atomic mass is 10.2. The van der Waals surface area contributed by atoms with Gasteiger partial charge in [-0.05, 0) is 5.92 Å². The van der Waals surface area contributed by atoms with Crippen molar-refractivity contribution in [1.29, 1.82) is 0 Å². The molecule has 0 aliphatic rings. The van der Waals surface area contributed by atoms with Crippen molar-refractivity contribution < 1.29 is 27.8 Å². The molecule has 0 spiro atoms. The third kappa shape index (κ3) is 3.57. The minimum atomic E-state index is -4.87. The Balaban J connectivity index is 3.10. The fraction of sp³-hybridized carbons (Fsp3) is 0.500. The summed E-state index contributed by atoms with van der Waals surface area (Å²) >= 11 is 0. The number of rotatable bonds is 4. The second-order valence-electron chi connectivity index (χ2n) is 3.92. The first-order valence-electron chi connectivity index (χ1n) is 5.02. The third-order valence-corrected chi connectivity index (χ3v) is 1.81. The number of carboxylic acid groups (broad SMARTS) is 1. The first-order chi connectivity index (χ1) is 8.21. The molecular weight excluding hydrogens is 253 g/mol. The van der Waals surface area contributed by atoms with E-state index < -0.39 is 29.4 Å². The maximum Gasteiger partial charge on any atom is 0.434 e. The van der Waals surface area contributed by atoms with Crippen LogP contribution in [-0.2, 0) is 6.18 Å². The van der Waals surface area contributed by atoms with Gasteiger partial charge in [-0.3, -0.25) is 0 Å². The van der Waals surface area contributed by atoms with Crippen LogP contribution in [0.15, 0.2) is 6.20 Å². The van der Waals surface area contributed by atoms with Gasteiger partial charge >= 0.3 is 18.2 Å². The van der Waals surface area contributed by atoms with Crippen molar-refractivity contribution in [2.75, 3.05) is 6.61 Å². The van der Waals surface area contributed by atoms with Gasteiger partial charge in [-0.15, -0.1) is 0 Å². The summed E-state index contributed by atoms with van der Waals surface area (Å²) in [6.45, 7) is 3.75. The Kier molecular flexibility index (Phi) is 4.10. The molecule has 1 rings (SSSR count). The van der Waals surface area contributed by atoms with E-state index in [0.29, 0.717) is 6.20 Å². The van der Waals surface area contributed by atoms with Gasteiger partial charge in [0.25, 0.3) is 0 Å². The highest BCUT2D eigenvalue weighted by Crippen LogP contribution is 2.31. The molecule has 0 aliphatic carbocycles. The average Bonchev–Trinajstić information content (AvgIpc) is 2.24. The van der Waals surface area contributed by atoms with Crippen LogP contribution in [0.5, 0.6) is 6.01 Å². The Hall–Kier alpha value is -1.86. The number of nitrogens with zero attached hydrogens (tertiary/aromatic N) is 2. The van der Waals surface area contributed by atoms with Crippen molar-refractivity contribution in [3.05, 3.63) is 17.5 Å². The van der Waals surface area contributed by atoms with E-state index in [1.165, 1.54) is 0 Å². The van der Waals surface area contributed by atoms with E-state index in [9.17, 15) is 18.0 Å². The summed E-state index contributed by atoms with van der Waals surface area (Å²) in [5.74, 6) is -1.65. The normalized spacial score (nSPS) is 11.7. The zero-order valence-corrected chi connectivity index (χ0v) is 9.65. The van der Waals surface area contributed by atoms with Crippen molar-refractivity contribution in [3.8, 4) is 6.01 Å². The van der Waals surface area contributed by atoms with Gasteiger partial charge < -0.3 is 9.84 Å². The maximum atomic E-state index is 12.6. The molecule has 1 heterocycles. The monoisotopic (exact) mass is 264 g/mol. The van der Waals surface area contributed by atoms with E-state index >= 15 is 0 Å². The number of alkyl halides is 3. The summed E-state index contributed by atoms with van der Waals surface area (Å²) in [4.78, 5) is 17.2. The highest BCUT2D eigenvalue weighted by atomic mass is 19.4. The van der Waals surface area contributed by atoms with Crippen LogP contribution in [0, 0.1) is 5.92 Å². The first kappa shape index (κ1) is 14.2. The van der Waals surface area contributed by atoms with Crippen LogP contribution < -0.4 is 4.74 Å². The molecule has 8 heteroatoms. The van der Waals surface area contributed by atoms with Crippen LogP contribution in [-0.4, -0.2) is 27.7 Å². The van der Waals surface area contributed by atoms with E-state index in [-0.39, 0.29) is 12.5 Å². The van der Waals surface area contributed by atoms with E-state index in [2.05, 4.69) is 9.97 Å². The smallest absolute Gasteiger partial charge is 0.434 e. The van der Waals surface area contributed by atoms with Crippen molar-refractivity contribution in [2.45, 2.75) is 20.0 Å². The van der Waals surface area contributed by atoms with Crippen LogP contribution in [0.4, 0.5) is 13.2 Å². The minimum Gasteiger partial charge on any atom is -0.478 e. The number of carbonyl (C=O) groups is 1. The van der Waals surface area contributed by atoms with Crippen molar-refractivity contribution in [3.63, 3.8) is 0 Å². The number of aromatic carboxylic acids is 1. The van der Waals surface area contributed by atoms with E-state index in [4.69, 9.17) is 9.84 Å². The van der Waals surface area contributed by atoms with Crippen molar-refractivity contribution in [2.24, 2.45) is 5.92 Å². The van der Waals surface area contributed by atoms with Gasteiger partial charge in [0.2, 0.25) is 0 Å². The standard InChI is InChI=1S/C10H11F3N2O3/c1-5(2)4-18-9-14-3-6(8(16)17)7(15-9)10(11,12)13/h3,5H,4H2,1-2H3,(H,16,17). The molecule has 0 fully saturated rings. The van der Waals surface area contributed by atoms with Crippen LogP contribution in [0.2, 0.25) is 0 Å². The van der Waals surface area contributed by atoms with Gasteiger partial charge in [0.15, 0.2) is 5.69 Å². The second-order valence-corrected chi connectivity index (χ2v) is 3.92. The summed E-state index contributed by atoms with van der Waals surface area (Å²) in [6.07, 6.45) is -4.28. The van der Waals surface area contributed by atoms with Gasteiger partial charge in [0.05, 0.1) is 6.61 Å². The Morgan fingerprint density at radius 2 is 2.11 bits per heavy atom. The fourth-order valence-electron chi connectivity index (χ4n) is 1.05. The summed E-state index contributed by atoms with van der Waals surface area (Å²) in [5.41, 5.74) is -2.51. The maximum absolute atomic E-state index is 12.6. The topological polar surface area (TPSA) is 72.3 Å². The van der Waals surface area contributed by atoms with Crippen LogP contribution in [0.3, 0.4) is 0 Å².